The summed E-state index contributed by atoms with van der Waals surface area (Å²) in [4.78, 5) is 11.5. The Hall–Kier alpha value is -0.570. The quantitative estimate of drug-likeness (QED) is 0.435. The Bertz CT molecular complexity index is 192. The molecule has 0 fully saturated rings. The van der Waals surface area contributed by atoms with Crippen molar-refractivity contribution in [1.82, 2.24) is 0 Å². The highest BCUT2D eigenvalue weighted by molar-refractivity contribution is 5.74. The molecule has 0 aromatic carbocycles. The normalized spacial score (nSPS) is 14.4. The maximum Gasteiger partial charge on any atom is 0.335 e. The molecule has 0 N–H and O–H groups in total. The molecule has 0 spiro atoms. The van der Waals surface area contributed by atoms with Crippen LogP contribution in [-0.2, 0) is 14.3 Å². The number of hydrogen-bond donors (Lipinski definition) is 0. The fourth-order valence-corrected chi connectivity index (χ4v) is 1.89. The van der Waals surface area contributed by atoms with E-state index in [1.807, 2.05) is 6.92 Å². The third kappa shape index (κ3) is 8.19. The number of rotatable bonds is 10. The van der Waals surface area contributed by atoms with E-state index in [1.165, 1.54) is 25.7 Å². The van der Waals surface area contributed by atoms with Crippen molar-refractivity contribution in [3.05, 3.63) is 0 Å². The van der Waals surface area contributed by atoms with Crippen LogP contribution in [-0.4, -0.2) is 25.8 Å². The third-order valence-electron chi connectivity index (χ3n) is 3.06. The molecule has 3 nitrogen and oxygen atoms in total. The van der Waals surface area contributed by atoms with Crippen LogP contribution in [0.1, 0.15) is 59.3 Å². The number of esters is 1. The zero-order chi connectivity index (χ0) is 13.1. The van der Waals surface area contributed by atoms with Gasteiger partial charge in [0.25, 0.3) is 0 Å². The van der Waals surface area contributed by atoms with Crippen molar-refractivity contribution in [1.29, 1.82) is 0 Å². The zero-order valence-corrected chi connectivity index (χ0v) is 11.8. The van der Waals surface area contributed by atoms with Gasteiger partial charge in [0.1, 0.15) is 0 Å². The Morgan fingerprint density at radius 3 is 2.35 bits per heavy atom. The number of carbonyl (C=O) groups excluding carboxylic acids is 1. The second-order valence-electron chi connectivity index (χ2n) is 4.65. The molecule has 0 bridgehead atoms. The maximum atomic E-state index is 11.5. The summed E-state index contributed by atoms with van der Waals surface area (Å²) in [5.41, 5.74) is 0. The van der Waals surface area contributed by atoms with Gasteiger partial charge in [-0.3, -0.25) is 0 Å². The van der Waals surface area contributed by atoms with Gasteiger partial charge in [-0.1, -0.05) is 39.5 Å². The van der Waals surface area contributed by atoms with Gasteiger partial charge in [-0.15, -0.1) is 0 Å². The van der Waals surface area contributed by atoms with Crippen molar-refractivity contribution in [2.24, 2.45) is 5.92 Å². The SMILES string of the molecule is CCCCCC(C)CCC(OC)C(=O)OCC. The molecule has 0 aliphatic carbocycles. The molecule has 0 aliphatic rings. The Kier molecular flexibility index (Phi) is 10.2. The van der Waals surface area contributed by atoms with Crippen LogP contribution in [0.25, 0.3) is 0 Å². The van der Waals surface area contributed by atoms with Gasteiger partial charge in [-0.2, -0.15) is 0 Å². The van der Waals surface area contributed by atoms with Crippen LogP contribution in [0.5, 0.6) is 0 Å². The summed E-state index contributed by atoms with van der Waals surface area (Å²) in [5, 5.41) is 0. The zero-order valence-electron chi connectivity index (χ0n) is 11.8. The van der Waals surface area contributed by atoms with Gasteiger partial charge in [-0.25, -0.2) is 4.79 Å². The molecule has 0 rings (SSSR count). The van der Waals surface area contributed by atoms with Gasteiger partial charge in [0, 0.05) is 7.11 Å². The highest BCUT2D eigenvalue weighted by Gasteiger charge is 2.19. The summed E-state index contributed by atoms with van der Waals surface area (Å²) in [7, 11) is 1.57. The number of methoxy groups -OCH3 is 1. The number of unbranched alkanes of at least 4 members (excludes halogenated alkanes) is 2. The molecule has 102 valence electrons. The molecule has 0 amide bonds. The van der Waals surface area contributed by atoms with Gasteiger partial charge in [0.05, 0.1) is 6.61 Å². The van der Waals surface area contributed by atoms with Crippen LogP contribution in [0.4, 0.5) is 0 Å². The highest BCUT2D eigenvalue weighted by Crippen LogP contribution is 2.17. The number of carbonyl (C=O) groups is 1. The van der Waals surface area contributed by atoms with E-state index < -0.39 is 0 Å². The lowest BCUT2D eigenvalue weighted by atomic mass is 9.96. The van der Waals surface area contributed by atoms with E-state index in [-0.39, 0.29) is 12.1 Å². The van der Waals surface area contributed by atoms with Crippen molar-refractivity contribution in [3.8, 4) is 0 Å². The van der Waals surface area contributed by atoms with Crippen LogP contribution in [0.3, 0.4) is 0 Å². The lowest BCUT2D eigenvalue weighted by molar-refractivity contribution is -0.155. The Morgan fingerprint density at radius 1 is 1.12 bits per heavy atom. The molecule has 0 aromatic rings. The second kappa shape index (κ2) is 10.6. The lowest BCUT2D eigenvalue weighted by Crippen LogP contribution is -2.26. The van der Waals surface area contributed by atoms with Gasteiger partial charge >= 0.3 is 5.97 Å². The van der Waals surface area contributed by atoms with Crippen LogP contribution in [0, 0.1) is 5.92 Å². The van der Waals surface area contributed by atoms with Gasteiger partial charge in [0.15, 0.2) is 6.10 Å². The predicted molar refractivity (Wildman–Crippen MR) is 70.0 cm³/mol. The largest absolute Gasteiger partial charge is 0.464 e. The summed E-state index contributed by atoms with van der Waals surface area (Å²) < 4.78 is 10.1. The average Bonchev–Trinajstić information content (AvgIpc) is 2.30. The molecule has 0 heterocycles. The Labute approximate surface area is 106 Å². The van der Waals surface area contributed by atoms with E-state index in [9.17, 15) is 4.79 Å². The van der Waals surface area contributed by atoms with E-state index in [0.29, 0.717) is 12.5 Å². The van der Waals surface area contributed by atoms with Gasteiger partial charge in [0.2, 0.25) is 0 Å². The van der Waals surface area contributed by atoms with E-state index in [0.717, 1.165) is 12.8 Å². The number of ether oxygens (including phenoxy) is 2. The first-order valence-electron chi connectivity index (χ1n) is 6.85. The van der Waals surface area contributed by atoms with Crippen LogP contribution in [0.15, 0.2) is 0 Å². The first kappa shape index (κ1) is 16.4. The summed E-state index contributed by atoms with van der Waals surface area (Å²) >= 11 is 0. The number of hydrogen-bond acceptors (Lipinski definition) is 3. The maximum absolute atomic E-state index is 11.5. The fraction of sp³-hybridized carbons (Fsp3) is 0.929. The van der Waals surface area contributed by atoms with Crippen LogP contribution < -0.4 is 0 Å². The molecule has 0 saturated heterocycles. The first-order chi connectivity index (χ1) is 8.15. The summed E-state index contributed by atoms with van der Waals surface area (Å²) in [5.74, 6) is 0.435. The van der Waals surface area contributed by atoms with Crippen LogP contribution >= 0.6 is 0 Å². The van der Waals surface area contributed by atoms with Crippen LogP contribution in [0.2, 0.25) is 0 Å². The molecular formula is C14H28O3. The van der Waals surface area contributed by atoms with E-state index in [1.54, 1.807) is 7.11 Å². The monoisotopic (exact) mass is 244 g/mol. The minimum Gasteiger partial charge on any atom is -0.464 e. The summed E-state index contributed by atoms with van der Waals surface area (Å²) in [6, 6.07) is 0. The predicted octanol–water partition coefficient (Wildman–Crippen LogP) is 3.56. The second-order valence-corrected chi connectivity index (χ2v) is 4.65. The molecule has 17 heavy (non-hydrogen) atoms. The van der Waals surface area contributed by atoms with Gasteiger partial charge < -0.3 is 9.47 Å². The van der Waals surface area contributed by atoms with E-state index in [2.05, 4.69) is 13.8 Å². The topological polar surface area (TPSA) is 35.5 Å². The van der Waals surface area contributed by atoms with Gasteiger partial charge in [-0.05, 0) is 25.7 Å². The third-order valence-corrected chi connectivity index (χ3v) is 3.06. The van der Waals surface area contributed by atoms with E-state index >= 15 is 0 Å². The molecule has 2 unspecified atom stereocenters. The molecule has 0 aliphatic heterocycles. The summed E-state index contributed by atoms with van der Waals surface area (Å²) in [6.45, 7) is 6.70. The van der Waals surface area contributed by atoms with E-state index in [4.69, 9.17) is 9.47 Å². The smallest absolute Gasteiger partial charge is 0.335 e. The van der Waals surface area contributed by atoms with Crippen molar-refractivity contribution in [2.75, 3.05) is 13.7 Å². The first-order valence-corrected chi connectivity index (χ1v) is 6.85. The highest BCUT2D eigenvalue weighted by atomic mass is 16.6. The van der Waals surface area contributed by atoms with Crippen molar-refractivity contribution >= 4 is 5.97 Å². The molecule has 2 atom stereocenters. The standard InChI is InChI=1S/C14H28O3/c1-5-7-8-9-12(3)10-11-13(16-4)14(15)17-6-2/h12-13H,5-11H2,1-4H3. The lowest BCUT2D eigenvalue weighted by Gasteiger charge is -2.16. The molecule has 0 aromatic heterocycles. The minimum absolute atomic E-state index is 0.226. The van der Waals surface area contributed by atoms with Crippen molar-refractivity contribution in [3.63, 3.8) is 0 Å². The molecule has 0 saturated carbocycles. The molecular weight excluding hydrogens is 216 g/mol. The molecule has 0 radical (unpaired) electrons. The summed E-state index contributed by atoms with van der Waals surface area (Å²) in [6.07, 6.45) is 6.50. The van der Waals surface area contributed by atoms with Crippen molar-refractivity contribution in [2.45, 2.75) is 65.4 Å². The fourth-order valence-electron chi connectivity index (χ4n) is 1.89. The average molecular weight is 244 g/mol. The van der Waals surface area contributed by atoms with Crippen molar-refractivity contribution < 1.29 is 14.3 Å². The minimum atomic E-state index is -0.386. The molecule has 3 heteroatoms. The Balaban J connectivity index is 3.77. The Morgan fingerprint density at radius 2 is 1.82 bits per heavy atom.